The number of urea groups is 1. The van der Waals surface area contributed by atoms with Crippen LogP contribution in [0.4, 0.5) is 16.2 Å². The first kappa shape index (κ1) is 13.1. The second-order valence-electron chi connectivity index (χ2n) is 4.59. The minimum atomic E-state index is -0.261. The summed E-state index contributed by atoms with van der Waals surface area (Å²) in [6.07, 6.45) is 3.26. The first-order chi connectivity index (χ1) is 9.15. The Bertz CT molecular complexity index is 535. The molecule has 2 rings (SSSR count). The fourth-order valence-electron chi connectivity index (χ4n) is 1.68. The normalized spacial score (nSPS) is 10.3. The number of benzene rings is 1. The summed E-state index contributed by atoms with van der Waals surface area (Å²) in [5, 5.41) is 5.52. The Kier molecular flexibility index (Phi) is 4.13. The van der Waals surface area contributed by atoms with Crippen LogP contribution >= 0.6 is 0 Å². The molecule has 0 aliphatic rings. The van der Waals surface area contributed by atoms with Crippen LogP contribution < -0.4 is 10.6 Å². The Morgan fingerprint density at radius 3 is 2.00 bits per heavy atom. The van der Waals surface area contributed by atoms with Crippen molar-refractivity contribution in [1.29, 1.82) is 0 Å². The lowest BCUT2D eigenvalue weighted by molar-refractivity contribution is 0.262. The molecular formula is C15H17N3O. The van der Waals surface area contributed by atoms with Gasteiger partial charge in [-0.2, -0.15) is 0 Å². The molecule has 0 aliphatic heterocycles. The molecule has 0 radical (unpaired) electrons. The molecular weight excluding hydrogens is 238 g/mol. The van der Waals surface area contributed by atoms with E-state index in [1.807, 2.05) is 24.3 Å². The number of hydrogen-bond acceptors (Lipinski definition) is 2. The van der Waals surface area contributed by atoms with E-state index >= 15 is 0 Å². The van der Waals surface area contributed by atoms with Crippen LogP contribution in [0.5, 0.6) is 0 Å². The SMILES string of the molecule is CC(C)c1ccc(NC(=O)Nc2ccncc2)cc1. The van der Waals surface area contributed by atoms with Gasteiger partial charge in [-0.15, -0.1) is 0 Å². The van der Waals surface area contributed by atoms with Crippen LogP contribution in [0.25, 0.3) is 0 Å². The first-order valence-corrected chi connectivity index (χ1v) is 6.23. The third kappa shape index (κ3) is 3.81. The molecule has 1 heterocycles. The van der Waals surface area contributed by atoms with Crippen molar-refractivity contribution in [2.24, 2.45) is 0 Å². The van der Waals surface area contributed by atoms with Gasteiger partial charge >= 0.3 is 6.03 Å². The largest absolute Gasteiger partial charge is 0.323 e. The zero-order chi connectivity index (χ0) is 13.7. The number of carbonyl (C=O) groups is 1. The van der Waals surface area contributed by atoms with Crippen molar-refractivity contribution in [3.8, 4) is 0 Å². The Morgan fingerprint density at radius 2 is 1.47 bits per heavy atom. The number of anilines is 2. The lowest BCUT2D eigenvalue weighted by Crippen LogP contribution is -2.19. The van der Waals surface area contributed by atoms with E-state index < -0.39 is 0 Å². The van der Waals surface area contributed by atoms with Gasteiger partial charge in [0.05, 0.1) is 0 Å². The third-order valence-corrected chi connectivity index (χ3v) is 2.77. The number of rotatable bonds is 3. The van der Waals surface area contributed by atoms with Crippen LogP contribution in [-0.4, -0.2) is 11.0 Å². The lowest BCUT2D eigenvalue weighted by atomic mass is 10.0. The van der Waals surface area contributed by atoms with Gasteiger partial charge in [-0.05, 0) is 35.7 Å². The van der Waals surface area contributed by atoms with E-state index in [-0.39, 0.29) is 6.03 Å². The molecule has 1 aromatic heterocycles. The molecule has 0 spiro atoms. The van der Waals surface area contributed by atoms with Gasteiger partial charge in [0.1, 0.15) is 0 Å². The number of nitrogens with zero attached hydrogens (tertiary/aromatic N) is 1. The fourth-order valence-corrected chi connectivity index (χ4v) is 1.68. The highest BCUT2D eigenvalue weighted by molar-refractivity contribution is 5.99. The summed E-state index contributed by atoms with van der Waals surface area (Å²) in [6.45, 7) is 4.27. The quantitative estimate of drug-likeness (QED) is 0.875. The summed E-state index contributed by atoms with van der Waals surface area (Å²) in [7, 11) is 0. The maximum atomic E-state index is 11.8. The maximum Gasteiger partial charge on any atom is 0.323 e. The minimum Gasteiger partial charge on any atom is -0.308 e. The Hall–Kier alpha value is -2.36. The summed E-state index contributed by atoms with van der Waals surface area (Å²) in [5.74, 6) is 0.486. The molecule has 4 nitrogen and oxygen atoms in total. The second-order valence-corrected chi connectivity index (χ2v) is 4.59. The van der Waals surface area contributed by atoms with Crippen LogP contribution in [0.2, 0.25) is 0 Å². The summed E-state index contributed by atoms with van der Waals surface area (Å²) in [6, 6.07) is 11.1. The van der Waals surface area contributed by atoms with E-state index in [9.17, 15) is 4.79 Å². The highest BCUT2D eigenvalue weighted by Crippen LogP contribution is 2.17. The summed E-state index contributed by atoms with van der Waals surface area (Å²) >= 11 is 0. The van der Waals surface area contributed by atoms with Crippen molar-refractivity contribution >= 4 is 17.4 Å². The molecule has 2 amide bonds. The molecule has 0 fully saturated rings. The molecule has 0 aliphatic carbocycles. The molecule has 98 valence electrons. The lowest BCUT2D eigenvalue weighted by Gasteiger charge is -2.09. The summed E-state index contributed by atoms with van der Waals surface area (Å²) in [4.78, 5) is 15.6. The van der Waals surface area contributed by atoms with Crippen LogP contribution in [-0.2, 0) is 0 Å². The van der Waals surface area contributed by atoms with Gasteiger partial charge in [-0.1, -0.05) is 26.0 Å². The maximum absolute atomic E-state index is 11.8. The van der Waals surface area contributed by atoms with Crippen LogP contribution in [0.1, 0.15) is 25.3 Å². The van der Waals surface area contributed by atoms with Crippen LogP contribution in [0.15, 0.2) is 48.8 Å². The predicted octanol–water partition coefficient (Wildman–Crippen LogP) is 3.85. The van der Waals surface area contributed by atoms with E-state index in [4.69, 9.17) is 0 Å². The Morgan fingerprint density at radius 1 is 0.947 bits per heavy atom. The highest BCUT2D eigenvalue weighted by Gasteiger charge is 2.03. The molecule has 2 aromatic rings. The van der Waals surface area contributed by atoms with Gasteiger partial charge in [0.15, 0.2) is 0 Å². The van der Waals surface area contributed by atoms with Crippen LogP contribution in [0.3, 0.4) is 0 Å². The predicted molar refractivity (Wildman–Crippen MR) is 77.4 cm³/mol. The average molecular weight is 255 g/mol. The van der Waals surface area contributed by atoms with E-state index in [0.717, 1.165) is 5.69 Å². The minimum absolute atomic E-state index is 0.261. The van der Waals surface area contributed by atoms with Gasteiger partial charge in [0.2, 0.25) is 0 Å². The van der Waals surface area contributed by atoms with Crippen molar-refractivity contribution in [3.05, 3.63) is 54.4 Å². The zero-order valence-corrected chi connectivity index (χ0v) is 11.1. The summed E-state index contributed by atoms with van der Waals surface area (Å²) in [5.41, 5.74) is 2.74. The molecule has 0 saturated heterocycles. The standard InChI is InChI=1S/C15H17N3O/c1-11(2)12-3-5-13(6-4-12)17-15(19)18-14-7-9-16-10-8-14/h3-11H,1-2H3,(H2,16,17,18,19). The highest BCUT2D eigenvalue weighted by atomic mass is 16.2. The molecule has 4 heteroatoms. The van der Waals surface area contributed by atoms with Crippen LogP contribution in [0, 0.1) is 0 Å². The van der Waals surface area contributed by atoms with E-state index in [1.54, 1.807) is 24.5 Å². The molecule has 0 bridgehead atoms. The van der Waals surface area contributed by atoms with Crippen molar-refractivity contribution in [2.45, 2.75) is 19.8 Å². The molecule has 0 atom stereocenters. The van der Waals surface area contributed by atoms with Crippen molar-refractivity contribution in [2.75, 3.05) is 10.6 Å². The number of amides is 2. The fraction of sp³-hybridized carbons (Fsp3) is 0.200. The van der Waals surface area contributed by atoms with Gasteiger partial charge in [0, 0.05) is 23.8 Å². The Balaban J connectivity index is 1.95. The number of carbonyl (C=O) groups excluding carboxylic acids is 1. The van der Waals surface area contributed by atoms with Crippen molar-refractivity contribution in [1.82, 2.24) is 4.98 Å². The zero-order valence-electron chi connectivity index (χ0n) is 11.1. The van der Waals surface area contributed by atoms with Gasteiger partial charge in [-0.3, -0.25) is 4.98 Å². The van der Waals surface area contributed by atoms with Gasteiger partial charge in [-0.25, -0.2) is 4.79 Å². The second kappa shape index (κ2) is 6.00. The smallest absolute Gasteiger partial charge is 0.308 e. The van der Waals surface area contributed by atoms with Gasteiger partial charge < -0.3 is 10.6 Å². The van der Waals surface area contributed by atoms with Crippen molar-refractivity contribution in [3.63, 3.8) is 0 Å². The van der Waals surface area contributed by atoms with E-state index in [0.29, 0.717) is 11.6 Å². The number of aromatic nitrogens is 1. The molecule has 0 unspecified atom stereocenters. The molecule has 0 saturated carbocycles. The first-order valence-electron chi connectivity index (χ1n) is 6.23. The van der Waals surface area contributed by atoms with Crippen molar-refractivity contribution < 1.29 is 4.79 Å². The third-order valence-electron chi connectivity index (χ3n) is 2.77. The molecule has 2 N–H and O–H groups in total. The van der Waals surface area contributed by atoms with E-state index in [2.05, 4.69) is 29.5 Å². The summed E-state index contributed by atoms with van der Waals surface area (Å²) < 4.78 is 0. The average Bonchev–Trinajstić information content (AvgIpc) is 2.40. The molecule has 19 heavy (non-hydrogen) atoms. The topological polar surface area (TPSA) is 54.0 Å². The molecule has 1 aromatic carbocycles. The number of nitrogens with one attached hydrogen (secondary N) is 2. The number of pyridine rings is 1. The van der Waals surface area contributed by atoms with E-state index in [1.165, 1.54) is 5.56 Å². The Labute approximate surface area is 112 Å². The monoisotopic (exact) mass is 255 g/mol. The number of hydrogen-bond donors (Lipinski definition) is 2. The van der Waals surface area contributed by atoms with Gasteiger partial charge in [0.25, 0.3) is 0 Å².